The van der Waals surface area contributed by atoms with Crippen molar-refractivity contribution >= 4 is 10.9 Å². The molecule has 2 aromatic rings. The number of nitrogens with zero attached hydrogens (tertiary/aromatic N) is 1. The first-order valence-electron chi connectivity index (χ1n) is 4.46. The third-order valence-electron chi connectivity index (χ3n) is 2.15. The number of aromatic nitrogens is 1. The summed E-state index contributed by atoms with van der Waals surface area (Å²) in [5.41, 5.74) is 2.33. The molecular weight excluding hydrogens is 158 g/mol. The number of para-hydroxylation sites is 1. The molecule has 0 aliphatic carbocycles. The summed E-state index contributed by atoms with van der Waals surface area (Å²) >= 11 is 0. The van der Waals surface area contributed by atoms with Crippen LogP contribution in [-0.4, -0.2) is 4.98 Å². The molecule has 0 atom stereocenters. The zero-order valence-corrected chi connectivity index (χ0v) is 7.83. The molecule has 2 rings (SSSR count). The Morgan fingerprint density at radius 3 is 2.92 bits per heavy atom. The fourth-order valence-electron chi connectivity index (χ4n) is 1.48. The maximum atomic E-state index is 4.32. The Bertz CT molecular complexity index is 413. The summed E-state index contributed by atoms with van der Waals surface area (Å²) in [5.74, 6) is 0.506. The third kappa shape index (κ3) is 1.36. The molecule has 0 N–H and O–H groups in total. The Kier molecular flexibility index (Phi) is 1.90. The third-order valence-corrected chi connectivity index (χ3v) is 2.15. The molecule has 0 unspecified atom stereocenters. The van der Waals surface area contributed by atoms with Crippen LogP contribution < -0.4 is 0 Å². The van der Waals surface area contributed by atoms with E-state index >= 15 is 0 Å². The van der Waals surface area contributed by atoms with Crippen molar-refractivity contribution < 1.29 is 0 Å². The van der Waals surface area contributed by atoms with Crippen LogP contribution in [0.2, 0.25) is 0 Å². The van der Waals surface area contributed by atoms with E-state index in [9.17, 15) is 0 Å². The smallest absolute Gasteiger partial charge is 0.0828 e. The van der Waals surface area contributed by atoms with Gasteiger partial charge >= 0.3 is 0 Å². The Morgan fingerprint density at radius 1 is 1.31 bits per heavy atom. The van der Waals surface area contributed by atoms with Gasteiger partial charge in [0.25, 0.3) is 0 Å². The van der Waals surface area contributed by atoms with Gasteiger partial charge in [-0.15, -0.1) is 0 Å². The first kappa shape index (κ1) is 8.07. The molecule has 64 valence electrons. The van der Waals surface area contributed by atoms with Crippen molar-refractivity contribution in [2.75, 3.05) is 0 Å². The van der Waals surface area contributed by atoms with Crippen molar-refractivity contribution in [2.45, 2.75) is 19.8 Å². The highest BCUT2D eigenvalue weighted by molar-refractivity contribution is 5.80. The van der Waals surface area contributed by atoms with Crippen LogP contribution in [0, 0.1) is 12.1 Å². The highest BCUT2D eigenvalue weighted by Gasteiger charge is 2.04. The summed E-state index contributed by atoms with van der Waals surface area (Å²) in [4.78, 5) is 4.32. The van der Waals surface area contributed by atoms with Gasteiger partial charge in [-0.25, -0.2) is 4.98 Å². The van der Waals surface area contributed by atoms with Crippen LogP contribution >= 0.6 is 0 Å². The van der Waals surface area contributed by atoms with E-state index < -0.39 is 0 Å². The lowest BCUT2D eigenvalue weighted by Crippen LogP contribution is -1.90. The van der Waals surface area contributed by atoms with Crippen LogP contribution in [0.1, 0.15) is 25.3 Å². The van der Waals surface area contributed by atoms with Crippen molar-refractivity contribution in [3.63, 3.8) is 0 Å². The molecule has 1 nitrogen and oxygen atoms in total. The second kappa shape index (κ2) is 3.06. The van der Waals surface area contributed by atoms with Gasteiger partial charge in [-0.05, 0) is 23.6 Å². The van der Waals surface area contributed by atoms with Crippen molar-refractivity contribution in [1.29, 1.82) is 0 Å². The molecular formula is C12H11N. The Hall–Kier alpha value is -1.55. The van der Waals surface area contributed by atoms with Gasteiger partial charge in [-0.3, -0.25) is 0 Å². The molecule has 1 heterocycles. The lowest BCUT2D eigenvalue weighted by molar-refractivity contribution is 0.873. The fraction of sp³-hybridized carbons (Fsp3) is 0.250. The molecule has 0 spiro atoms. The van der Waals surface area contributed by atoms with E-state index in [0.717, 1.165) is 10.9 Å². The molecule has 1 aromatic heterocycles. The minimum Gasteiger partial charge on any atom is -0.246 e. The van der Waals surface area contributed by atoms with E-state index in [1.807, 2.05) is 12.1 Å². The minimum atomic E-state index is 0.506. The molecule has 1 aromatic carbocycles. The number of fused-ring (bicyclic) bond motifs is 1. The van der Waals surface area contributed by atoms with Crippen LogP contribution in [0.25, 0.3) is 10.9 Å². The van der Waals surface area contributed by atoms with Gasteiger partial charge in [0.1, 0.15) is 0 Å². The second-order valence-corrected chi connectivity index (χ2v) is 3.43. The molecule has 13 heavy (non-hydrogen) atoms. The second-order valence-electron chi connectivity index (χ2n) is 3.43. The van der Waals surface area contributed by atoms with E-state index in [1.165, 1.54) is 5.56 Å². The molecule has 0 aliphatic heterocycles. The predicted octanol–water partition coefficient (Wildman–Crippen LogP) is 2.96. The topological polar surface area (TPSA) is 12.9 Å². The van der Waals surface area contributed by atoms with Crippen molar-refractivity contribution in [2.24, 2.45) is 0 Å². The quantitative estimate of drug-likeness (QED) is 0.639. The van der Waals surface area contributed by atoms with Gasteiger partial charge in [0.15, 0.2) is 0 Å². The maximum absolute atomic E-state index is 4.32. The number of rotatable bonds is 1. The molecule has 0 fully saturated rings. The van der Waals surface area contributed by atoms with Gasteiger partial charge in [-0.1, -0.05) is 32.0 Å². The van der Waals surface area contributed by atoms with Crippen molar-refractivity contribution in [1.82, 2.24) is 4.98 Å². The maximum Gasteiger partial charge on any atom is 0.0828 e. The van der Waals surface area contributed by atoms with E-state index in [-0.39, 0.29) is 0 Å². The summed E-state index contributed by atoms with van der Waals surface area (Å²) in [5, 5.41) is 1.05. The Labute approximate surface area is 78.4 Å². The summed E-state index contributed by atoms with van der Waals surface area (Å²) in [6.45, 7) is 4.35. The zero-order chi connectivity index (χ0) is 9.26. The SMILES string of the molecule is CC(C)c1cccc2c#ccnc12. The van der Waals surface area contributed by atoms with Gasteiger partial charge in [0.05, 0.1) is 17.1 Å². The first-order chi connectivity index (χ1) is 6.29. The molecule has 0 bridgehead atoms. The van der Waals surface area contributed by atoms with Crippen LogP contribution in [0.5, 0.6) is 0 Å². The molecule has 0 saturated heterocycles. The minimum absolute atomic E-state index is 0.506. The highest BCUT2D eigenvalue weighted by Crippen LogP contribution is 2.21. The van der Waals surface area contributed by atoms with E-state index in [1.54, 1.807) is 6.20 Å². The molecule has 0 saturated carbocycles. The van der Waals surface area contributed by atoms with Crippen molar-refractivity contribution in [3.05, 3.63) is 42.1 Å². The van der Waals surface area contributed by atoms with E-state index in [0.29, 0.717) is 5.92 Å². The molecule has 0 aliphatic rings. The van der Waals surface area contributed by atoms with Crippen LogP contribution in [0.15, 0.2) is 24.4 Å². The monoisotopic (exact) mass is 169 g/mol. The number of hydrogen-bond donors (Lipinski definition) is 0. The number of benzene rings is 1. The van der Waals surface area contributed by atoms with Gasteiger partial charge < -0.3 is 0 Å². The van der Waals surface area contributed by atoms with Crippen molar-refractivity contribution in [3.8, 4) is 0 Å². The molecule has 1 heteroatoms. The van der Waals surface area contributed by atoms with E-state index in [4.69, 9.17) is 0 Å². The van der Waals surface area contributed by atoms with Gasteiger partial charge in [0, 0.05) is 0 Å². The summed E-state index contributed by atoms with van der Waals surface area (Å²) in [7, 11) is 0. The predicted molar refractivity (Wildman–Crippen MR) is 53.5 cm³/mol. The summed E-state index contributed by atoms with van der Waals surface area (Å²) in [6, 6.07) is 12.1. The fourth-order valence-corrected chi connectivity index (χ4v) is 1.48. The Balaban J connectivity index is 2.76. The number of hydrogen-bond acceptors (Lipinski definition) is 1. The summed E-state index contributed by atoms with van der Waals surface area (Å²) < 4.78 is 0. The average Bonchev–Trinajstić information content (AvgIpc) is 2.17. The zero-order valence-electron chi connectivity index (χ0n) is 7.83. The highest BCUT2D eigenvalue weighted by atomic mass is 14.6. The molecule has 0 radical (unpaired) electrons. The van der Waals surface area contributed by atoms with Gasteiger partial charge in [0.2, 0.25) is 0 Å². The Morgan fingerprint density at radius 2 is 2.15 bits per heavy atom. The largest absolute Gasteiger partial charge is 0.246 e. The van der Waals surface area contributed by atoms with E-state index in [2.05, 4.69) is 37.0 Å². The molecule has 0 amide bonds. The van der Waals surface area contributed by atoms with Crippen LogP contribution in [0.3, 0.4) is 0 Å². The average molecular weight is 169 g/mol. The van der Waals surface area contributed by atoms with Crippen LogP contribution in [0.4, 0.5) is 0 Å². The standard InChI is InChI=1S/C12H11N/c1-9(2)11-7-3-5-10-6-4-8-13-12(10)11/h3,5,7-9H,1-2H3. The first-order valence-corrected chi connectivity index (χ1v) is 4.46. The van der Waals surface area contributed by atoms with Gasteiger partial charge in [-0.2, -0.15) is 0 Å². The van der Waals surface area contributed by atoms with Crippen LogP contribution in [-0.2, 0) is 0 Å². The lowest BCUT2D eigenvalue weighted by Gasteiger charge is -2.06. The normalized spacial score (nSPS) is 10.4. The summed E-state index contributed by atoms with van der Waals surface area (Å²) in [6.07, 6.45) is 1.67. The lowest BCUT2D eigenvalue weighted by atomic mass is 10.0.